The number of carbonyl (C=O) groups is 1. The first kappa shape index (κ1) is 14.1. The molecule has 6 heteroatoms. The van der Waals surface area contributed by atoms with Gasteiger partial charge in [-0.15, -0.1) is 0 Å². The second-order valence-electron chi connectivity index (χ2n) is 3.65. The van der Waals surface area contributed by atoms with Gasteiger partial charge in [0.25, 0.3) is 0 Å². The fourth-order valence-corrected chi connectivity index (χ4v) is 2.03. The molecule has 0 spiro atoms. The smallest absolute Gasteiger partial charge is 0.357 e. The Balaban J connectivity index is 2.61. The molecule has 0 N–H and O–H groups in total. The number of carbonyl (C=O) groups excluding carboxylic acids is 1. The van der Waals surface area contributed by atoms with Gasteiger partial charge in [0.1, 0.15) is 5.15 Å². The molecule has 0 amide bonds. The predicted octanol–water partition coefficient (Wildman–Crippen LogP) is 4.50. The number of hydrogen-bond donors (Lipinski definition) is 0. The number of halogens is 3. The van der Waals surface area contributed by atoms with Gasteiger partial charge in [-0.1, -0.05) is 40.9 Å². The number of pyridine rings is 1. The van der Waals surface area contributed by atoms with E-state index in [1.54, 1.807) is 30.3 Å². The summed E-state index contributed by atoms with van der Waals surface area (Å²) in [6.45, 7) is 0. The van der Waals surface area contributed by atoms with Gasteiger partial charge in [-0.25, -0.2) is 9.78 Å². The lowest BCUT2D eigenvalue weighted by Gasteiger charge is -2.08. The number of rotatable bonds is 2. The second-order valence-corrected chi connectivity index (χ2v) is 4.85. The van der Waals surface area contributed by atoms with E-state index in [9.17, 15) is 4.79 Å². The molecule has 0 unspecified atom stereocenters. The second kappa shape index (κ2) is 5.78. The summed E-state index contributed by atoms with van der Waals surface area (Å²) in [4.78, 5) is 15.7. The fourth-order valence-electron chi connectivity index (χ4n) is 1.58. The maximum atomic E-state index is 11.7. The van der Waals surface area contributed by atoms with Crippen LogP contribution in [0.15, 0.2) is 30.3 Å². The van der Waals surface area contributed by atoms with Crippen molar-refractivity contribution >= 4 is 40.8 Å². The number of ether oxygens (including phenoxy) is 1. The summed E-state index contributed by atoms with van der Waals surface area (Å²) >= 11 is 17.6. The first-order valence-electron chi connectivity index (χ1n) is 5.23. The number of hydrogen-bond acceptors (Lipinski definition) is 3. The average Bonchev–Trinajstić information content (AvgIpc) is 2.41. The third-order valence-electron chi connectivity index (χ3n) is 2.47. The van der Waals surface area contributed by atoms with E-state index in [2.05, 4.69) is 9.72 Å². The molecule has 0 aliphatic heterocycles. The Bertz CT molecular complexity index is 644. The Kier molecular flexibility index (Phi) is 4.30. The van der Waals surface area contributed by atoms with Crippen LogP contribution >= 0.6 is 34.8 Å². The highest BCUT2D eigenvalue weighted by Gasteiger charge is 2.16. The van der Waals surface area contributed by atoms with E-state index in [-0.39, 0.29) is 10.8 Å². The standard InChI is InChI=1S/C13H8Cl3NO2/c1-19-13(18)12-8(3-5-11(16)17-12)7-2-4-9(14)10(15)6-7/h2-6H,1H3. The maximum Gasteiger partial charge on any atom is 0.357 e. The molecule has 1 heterocycles. The van der Waals surface area contributed by atoms with Gasteiger partial charge in [0.05, 0.1) is 17.2 Å². The highest BCUT2D eigenvalue weighted by atomic mass is 35.5. The molecule has 0 fully saturated rings. The van der Waals surface area contributed by atoms with Crippen LogP contribution in [0.2, 0.25) is 15.2 Å². The van der Waals surface area contributed by atoms with Gasteiger partial charge >= 0.3 is 5.97 Å². The third-order valence-corrected chi connectivity index (χ3v) is 3.42. The maximum absolute atomic E-state index is 11.7. The van der Waals surface area contributed by atoms with Crippen molar-refractivity contribution in [2.75, 3.05) is 7.11 Å². The van der Waals surface area contributed by atoms with Gasteiger partial charge in [0.2, 0.25) is 0 Å². The molecule has 2 aromatic rings. The van der Waals surface area contributed by atoms with Crippen LogP contribution in [0.3, 0.4) is 0 Å². The summed E-state index contributed by atoms with van der Waals surface area (Å²) in [5.74, 6) is -0.566. The molecule has 0 radical (unpaired) electrons. The molecular formula is C13H8Cl3NO2. The lowest BCUT2D eigenvalue weighted by atomic mass is 10.0. The summed E-state index contributed by atoms with van der Waals surface area (Å²) in [6, 6.07) is 8.31. The zero-order chi connectivity index (χ0) is 14.0. The normalized spacial score (nSPS) is 10.3. The van der Waals surface area contributed by atoms with Crippen molar-refractivity contribution in [1.29, 1.82) is 0 Å². The molecule has 0 aliphatic rings. The van der Waals surface area contributed by atoms with Gasteiger partial charge in [0.15, 0.2) is 5.69 Å². The van der Waals surface area contributed by atoms with Gasteiger partial charge in [-0.05, 0) is 29.8 Å². The van der Waals surface area contributed by atoms with Crippen LogP contribution < -0.4 is 0 Å². The zero-order valence-electron chi connectivity index (χ0n) is 9.78. The van der Waals surface area contributed by atoms with Gasteiger partial charge in [-0.2, -0.15) is 0 Å². The van der Waals surface area contributed by atoms with E-state index in [0.29, 0.717) is 21.2 Å². The Hall–Kier alpha value is -1.29. The largest absolute Gasteiger partial charge is 0.464 e. The van der Waals surface area contributed by atoms with Crippen LogP contribution in [-0.2, 0) is 4.74 Å². The quantitative estimate of drug-likeness (QED) is 0.605. The summed E-state index contributed by atoms with van der Waals surface area (Å²) in [6.07, 6.45) is 0. The zero-order valence-corrected chi connectivity index (χ0v) is 12.1. The number of aromatic nitrogens is 1. The monoisotopic (exact) mass is 315 g/mol. The van der Waals surface area contributed by atoms with Crippen molar-refractivity contribution in [2.24, 2.45) is 0 Å². The van der Waals surface area contributed by atoms with Gasteiger partial charge in [0, 0.05) is 5.56 Å². The topological polar surface area (TPSA) is 39.2 Å². The van der Waals surface area contributed by atoms with E-state index in [4.69, 9.17) is 34.8 Å². The van der Waals surface area contributed by atoms with E-state index >= 15 is 0 Å². The number of methoxy groups -OCH3 is 1. The average molecular weight is 317 g/mol. The lowest BCUT2D eigenvalue weighted by molar-refractivity contribution is 0.0595. The van der Waals surface area contributed by atoms with Crippen molar-refractivity contribution in [1.82, 2.24) is 4.98 Å². The number of nitrogens with zero attached hydrogens (tertiary/aromatic N) is 1. The van der Waals surface area contributed by atoms with Crippen LogP contribution in [0.4, 0.5) is 0 Å². The highest BCUT2D eigenvalue weighted by Crippen LogP contribution is 2.30. The van der Waals surface area contributed by atoms with Crippen LogP contribution in [-0.4, -0.2) is 18.1 Å². The molecular weight excluding hydrogens is 309 g/mol. The molecule has 98 valence electrons. The Morgan fingerprint density at radius 1 is 1.11 bits per heavy atom. The number of esters is 1. The van der Waals surface area contributed by atoms with E-state index in [1.165, 1.54) is 7.11 Å². The molecule has 0 atom stereocenters. The van der Waals surface area contributed by atoms with Crippen LogP contribution in [0.5, 0.6) is 0 Å². The molecule has 2 rings (SSSR count). The van der Waals surface area contributed by atoms with Crippen LogP contribution in [0, 0.1) is 0 Å². The lowest BCUT2D eigenvalue weighted by Crippen LogP contribution is -2.06. The summed E-state index contributed by atoms with van der Waals surface area (Å²) in [5, 5.41) is 1.04. The van der Waals surface area contributed by atoms with Crippen molar-refractivity contribution in [3.05, 3.63) is 51.2 Å². The fraction of sp³-hybridized carbons (Fsp3) is 0.0769. The Morgan fingerprint density at radius 3 is 2.47 bits per heavy atom. The van der Waals surface area contributed by atoms with E-state index in [1.807, 2.05) is 0 Å². The molecule has 0 aliphatic carbocycles. The van der Waals surface area contributed by atoms with Gasteiger partial charge in [-0.3, -0.25) is 0 Å². The molecule has 0 bridgehead atoms. The molecule has 0 saturated heterocycles. The molecule has 19 heavy (non-hydrogen) atoms. The minimum atomic E-state index is -0.566. The molecule has 3 nitrogen and oxygen atoms in total. The van der Waals surface area contributed by atoms with Crippen molar-refractivity contribution in [3.8, 4) is 11.1 Å². The summed E-state index contributed by atoms with van der Waals surface area (Å²) in [7, 11) is 1.28. The minimum Gasteiger partial charge on any atom is -0.464 e. The van der Waals surface area contributed by atoms with E-state index in [0.717, 1.165) is 0 Å². The first-order valence-corrected chi connectivity index (χ1v) is 6.36. The third kappa shape index (κ3) is 3.00. The Morgan fingerprint density at radius 2 is 1.84 bits per heavy atom. The van der Waals surface area contributed by atoms with E-state index < -0.39 is 5.97 Å². The summed E-state index contributed by atoms with van der Waals surface area (Å²) in [5.41, 5.74) is 1.42. The molecule has 0 saturated carbocycles. The van der Waals surface area contributed by atoms with Crippen molar-refractivity contribution in [2.45, 2.75) is 0 Å². The van der Waals surface area contributed by atoms with Crippen LogP contribution in [0.25, 0.3) is 11.1 Å². The highest BCUT2D eigenvalue weighted by molar-refractivity contribution is 6.42. The minimum absolute atomic E-state index is 0.133. The number of benzene rings is 1. The van der Waals surface area contributed by atoms with Crippen molar-refractivity contribution in [3.63, 3.8) is 0 Å². The molecule has 1 aromatic carbocycles. The molecule has 1 aromatic heterocycles. The summed E-state index contributed by atoms with van der Waals surface area (Å²) < 4.78 is 4.69. The van der Waals surface area contributed by atoms with Crippen LogP contribution in [0.1, 0.15) is 10.5 Å². The Labute approximate surface area is 125 Å². The SMILES string of the molecule is COC(=O)c1nc(Cl)ccc1-c1ccc(Cl)c(Cl)c1. The van der Waals surface area contributed by atoms with Gasteiger partial charge < -0.3 is 4.74 Å². The predicted molar refractivity (Wildman–Crippen MR) is 76.0 cm³/mol. The first-order chi connectivity index (χ1) is 9.02. The van der Waals surface area contributed by atoms with Crippen molar-refractivity contribution < 1.29 is 9.53 Å².